The number of aliphatic hydroxyl groups excluding tert-OH is 3. The molecule has 0 radical (unpaired) electrons. The summed E-state index contributed by atoms with van der Waals surface area (Å²) < 4.78 is 21.7. The average Bonchev–Trinajstić information content (AvgIpc) is 2.58. The third-order valence-electron chi connectivity index (χ3n) is 4.95. The van der Waals surface area contributed by atoms with Crippen molar-refractivity contribution < 1.29 is 33.8 Å². The number of hydrogen-bond acceptors (Lipinski definition) is 7. The fraction of sp³-hybridized carbons (Fsp3) is 1.00. The second-order valence-corrected chi connectivity index (χ2v) is 12.7. The Labute approximate surface area is 203 Å². The van der Waals surface area contributed by atoms with Gasteiger partial charge in [-0.3, -0.25) is 9.05 Å². The topological polar surface area (TPSA) is 120 Å². The molecule has 0 saturated carbocycles. The lowest BCUT2D eigenvalue weighted by molar-refractivity contribution is -0.159. The molecule has 0 bridgehead atoms. The average molecular weight is 500 g/mol. The molecule has 0 saturated heterocycles. The highest BCUT2D eigenvalue weighted by molar-refractivity contribution is 7.47. The molecule has 9 heteroatoms. The van der Waals surface area contributed by atoms with Gasteiger partial charge in [-0.05, 0) is 57.3 Å². The molecule has 0 fully saturated rings. The molecule has 0 spiro atoms. The maximum atomic E-state index is 11.7. The van der Waals surface area contributed by atoms with Gasteiger partial charge in [-0.1, -0.05) is 67.2 Å². The molecule has 0 aromatic heterocycles. The van der Waals surface area contributed by atoms with E-state index in [2.05, 4.69) is 41.5 Å². The van der Waals surface area contributed by atoms with Crippen LogP contribution in [0.4, 0.5) is 0 Å². The first kappa shape index (κ1) is 35.1. The molecule has 0 rings (SSSR count). The summed E-state index contributed by atoms with van der Waals surface area (Å²) in [7, 11) is -3.85. The Balaban J connectivity index is 0. The van der Waals surface area contributed by atoms with Crippen molar-refractivity contribution >= 4 is 7.82 Å². The van der Waals surface area contributed by atoms with Gasteiger partial charge in [0.2, 0.25) is 0 Å². The van der Waals surface area contributed by atoms with E-state index in [-0.39, 0.29) is 0 Å². The van der Waals surface area contributed by atoms with Gasteiger partial charge in [0.05, 0.1) is 13.2 Å². The van der Waals surface area contributed by atoms with E-state index >= 15 is 0 Å². The highest BCUT2D eigenvalue weighted by atomic mass is 31.2. The van der Waals surface area contributed by atoms with Gasteiger partial charge in [-0.25, -0.2) is 9.46 Å². The Morgan fingerprint density at radius 2 is 0.970 bits per heavy atom. The third kappa shape index (κ3) is 24.9. The van der Waals surface area contributed by atoms with E-state index in [9.17, 15) is 9.46 Å². The Kier molecular flexibility index (Phi) is 18.5. The van der Waals surface area contributed by atoms with Crippen molar-refractivity contribution in [1.29, 1.82) is 0 Å². The predicted molar refractivity (Wildman–Crippen MR) is 134 cm³/mol. The van der Waals surface area contributed by atoms with Crippen molar-refractivity contribution in [2.24, 2.45) is 10.8 Å². The molecule has 3 atom stereocenters. The summed E-state index contributed by atoms with van der Waals surface area (Å²) in [6.07, 6.45) is 5.71. The summed E-state index contributed by atoms with van der Waals surface area (Å²) >= 11 is 0. The van der Waals surface area contributed by atoms with Crippen LogP contribution in [0.3, 0.4) is 0 Å². The summed E-state index contributed by atoms with van der Waals surface area (Å²) in [5.41, 5.74) is 0.701. The SMILES string of the molecule is CC(C)(C)CCCCCOP(=O)(O)OCCCCCC(C)(C)C.CC(O)N(C(C)O)C(C)O. The largest absolute Gasteiger partial charge is 0.472 e. The Hall–Kier alpha value is -0.0500. The van der Waals surface area contributed by atoms with E-state index in [0.29, 0.717) is 24.0 Å². The van der Waals surface area contributed by atoms with E-state index in [1.165, 1.54) is 25.7 Å². The zero-order chi connectivity index (χ0) is 26.3. The van der Waals surface area contributed by atoms with Gasteiger partial charge in [0.1, 0.15) is 18.7 Å². The fourth-order valence-corrected chi connectivity index (χ4v) is 4.00. The van der Waals surface area contributed by atoms with Crippen LogP contribution in [-0.2, 0) is 13.6 Å². The molecule has 0 amide bonds. The number of aliphatic hydroxyl groups is 3. The first-order chi connectivity index (χ1) is 14.9. The fourth-order valence-electron chi connectivity index (χ4n) is 3.20. The monoisotopic (exact) mass is 499 g/mol. The van der Waals surface area contributed by atoms with Crippen LogP contribution in [0.25, 0.3) is 0 Å². The molecule has 0 aromatic carbocycles. The van der Waals surface area contributed by atoms with Crippen molar-refractivity contribution in [2.45, 2.75) is 132 Å². The van der Waals surface area contributed by atoms with Gasteiger partial charge >= 0.3 is 7.82 Å². The van der Waals surface area contributed by atoms with Gasteiger partial charge in [-0.2, -0.15) is 0 Å². The highest BCUT2D eigenvalue weighted by Crippen LogP contribution is 2.43. The zero-order valence-electron chi connectivity index (χ0n) is 22.7. The van der Waals surface area contributed by atoms with Crippen LogP contribution >= 0.6 is 7.82 Å². The first-order valence-corrected chi connectivity index (χ1v) is 13.8. The summed E-state index contributed by atoms with van der Waals surface area (Å²) in [6, 6.07) is 0. The van der Waals surface area contributed by atoms with Crippen LogP contribution in [0.15, 0.2) is 0 Å². The van der Waals surface area contributed by atoms with Crippen LogP contribution in [-0.4, -0.2) is 57.0 Å². The molecule has 4 N–H and O–H groups in total. The molecule has 3 unspecified atom stereocenters. The number of nitrogens with zero attached hydrogens (tertiary/aromatic N) is 1. The van der Waals surface area contributed by atoms with Crippen LogP contribution in [0.2, 0.25) is 0 Å². The minimum Gasteiger partial charge on any atom is -0.379 e. The molecule has 0 aliphatic heterocycles. The molecule has 33 heavy (non-hydrogen) atoms. The minimum absolute atomic E-state index is 0.294. The molecule has 8 nitrogen and oxygen atoms in total. The van der Waals surface area contributed by atoms with Crippen LogP contribution in [0.5, 0.6) is 0 Å². The normalized spacial score (nSPS) is 15.7. The third-order valence-corrected chi connectivity index (χ3v) is 5.96. The van der Waals surface area contributed by atoms with E-state index in [0.717, 1.165) is 51.4 Å². The molecule has 202 valence electrons. The van der Waals surface area contributed by atoms with Gasteiger partial charge in [0.15, 0.2) is 0 Å². The second-order valence-electron chi connectivity index (χ2n) is 11.2. The number of unbranched alkanes of at least 4 members (excludes halogenated alkanes) is 4. The molecule has 0 aromatic rings. The minimum atomic E-state index is -3.85. The van der Waals surface area contributed by atoms with Gasteiger partial charge in [0.25, 0.3) is 0 Å². The molecule has 0 heterocycles. The summed E-state index contributed by atoms with van der Waals surface area (Å²) in [5.74, 6) is 0. The maximum absolute atomic E-state index is 11.7. The Morgan fingerprint density at radius 1 is 0.667 bits per heavy atom. The Morgan fingerprint density at radius 3 is 1.18 bits per heavy atom. The van der Waals surface area contributed by atoms with Crippen LogP contribution in [0, 0.1) is 10.8 Å². The highest BCUT2D eigenvalue weighted by Gasteiger charge is 2.21. The van der Waals surface area contributed by atoms with Crippen LogP contribution in [0.1, 0.15) is 114 Å². The number of phosphoric ester groups is 1. The lowest BCUT2D eigenvalue weighted by Gasteiger charge is -2.30. The van der Waals surface area contributed by atoms with E-state index in [1.807, 2.05) is 0 Å². The lowest BCUT2D eigenvalue weighted by Crippen LogP contribution is -2.45. The second kappa shape index (κ2) is 17.4. The zero-order valence-corrected chi connectivity index (χ0v) is 23.6. The predicted octanol–water partition coefficient (Wildman–Crippen LogP) is 5.64. The quantitative estimate of drug-likeness (QED) is 0.130. The Bertz CT molecular complexity index is 465. The standard InChI is InChI=1S/C18H39O4P.C6H15NO3/c1-17(2,3)13-9-7-11-15-21-23(19,20)22-16-12-8-10-14-18(4,5)6;1-4(8)7(5(2)9)6(3)10/h7-16H2,1-6H3,(H,19,20);4-6,8-10H,1-3H3. The summed E-state index contributed by atoms with van der Waals surface area (Å²) in [4.78, 5) is 10.8. The van der Waals surface area contributed by atoms with Crippen molar-refractivity contribution in [2.75, 3.05) is 13.2 Å². The van der Waals surface area contributed by atoms with Crippen molar-refractivity contribution in [3.05, 3.63) is 0 Å². The smallest absolute Gasteiger partial charge is 0.379 e. The summed E-state index contributed by atoms with van der Waals surface area (Å²) in [6.45, 7) is 18.4. The molecular formula is C24H54NO7P. The maximum Gasteiger partial charge on any atom is 0.472 e. The molecule has 0 aliphatic carbocycles. The van der Waals surface area contributed by atoms with Gasteiger partial charge < -0.3 is 20.2 Å². The van der Waals surface area contributed by atoms with Crippen LogP contribution < -0.4 is 0 Å². The summed E-state index contributed by atoms with van der Waals surface area (Å²) in [5, 5.41) is 26.9. The number of phosphoric acid groups is 1. The van der Waals surface area contributed by atoms with Gasteiger partial charge in [0, 0.05) is 0 Å². The van der Waals surface area contributed by atoms with Crippen molar-refractivity contribution in [3.8, 4) is 0 Å². The van der Waals surface area contributed by atoms with Gasteiger partial charge in [-0.15, -0.1) is 0 Å². The molecular weight excluding hydrogens is 445 g/mol. The first-order valence-electron chi connectivity index (χ1n) is 12.3. The van der Waals surface area contributed by atoms with Crippen molar-refractivity contribution in [3.63, 3.8) is 0 Å². The number of hydrogen-bond donors (Lipinski definition) is 4. The van der Waals surface area contributed by atoms with E-state index in [4.69, 9.17) is 24.4 Å². The lowest BCUT2D eigenvalue weighted by atomic mass is 9.89. The van der Waals surface area contributed by atoms with Crippen molar-refractivity contribution in [1.82, 2.24) is 4.90 Å². The van der Waals surface area contributed by atoms with E-state index < -0.39 is 26.5 Å². The molecule has 0 aliphatic rings. The van der Waals surface area contributed by atoms with E-state index in [1.54, 1.807) is 0 Å². The number of rotatable bonds is 15.